The molecule has 3 fully saturated rings. The number of nitrogens with zero attached hydrogens (tertiary/aromatic N) is 3. The van der Waals surface area contributed by atoms with E-state index < -0.39 is 33.4 Å². The minimum absolute atomic E-state index is 0.00576. The van der Waals surface area contributed by atoms with Crippen molar-refractivity contribution < 1.29 is 19.5 Å². The van der Waals surface area contributed by atoms with Crippen LogP contribution in [0.25, 0.3) is 0 Å². The van der Waals surface area contributed by atoms with Gasteiger partial charge in [-0.15, -0.1) is 24.9 Å². The number of hydrogen-bond acceptors (Lipinski definition) is 5. The maximum atomic E-state index is 14.6. The van der Waals surface area contributed by atoms with Crippen LogP contribution in [0.2, 0.25) is 0 Å². The number of carbonyl (C=O) groups excluding carboxylic acids is 3. The molecule has 3 rings (SSSR count). The lowest BCUT2D eigenvalue weighted by molar-refractivity contribution is -0.149. The molecule has 0 saturated carbocycles. The van der Waals surface area contributed by atoms with Crippen LogP contribution in [0, 0.1) is 17.8 Å². The third-order valence-electron chi connectivity index (χ3n) is 9.03. The summed E-state index contributed by atoms with van der Waals surface area (Å²) in [5.74, 6) is -1.38. The lowest BCUT2D eigenvalue weighted by Crippen LogP contribution is -2.59. The SMILES string of the molecule is C=CCN(CCC)C(=O)[C@@H]1[C@H]2C(=O)N([C@@H](CO)C(C)C)C(C(=O)N(CC=C)C(C)CCC)C23CC[C@@]1(C)S3. The first-order valence-electron chi connectivity index (χ1n) is 14.4. The highest BCUT2D eigenvalue weighted by Gasteiger charge is 2.78. The summed E-state index contributed by atoms with van der Waals surface area (Å²) in [7, 11) is 0. The van der Waals surface area contributed by atoms with Crippen LogP contribution >= 0.6 is 11.8 Å². The van der Waals surface area contributed by atoms with Gasteiger partial charge in [0.05, 0.1) is 29.2 Å². The van der Waals surface area contributed by atoms with E-state index in [4.69, 9.17) is 0 Å². The van der Waals surface area contributed by atoms with E-state index in [1.165, 1.54) is 0 Å². The molecule has 0 aliphatic carbocycles. The molecule has 214 valence electrons. The summed E-state index contributed by atoms with van der Waals surface area (Å²) in [4.78, 5) is 48.6. The predicted molar refractivity (Wildman–Crippen MR) is 155 cm³/mol. The number of carbonyl (C=O) groups is 3. The molecule has 0 aromatic rings. The standard InChI is InChI=1S/C30H49N3O4S/c1-9-13-21(7)32(18-12-4)28(37)25-30-15-14-29(8,38-30)23(26(35)31(16-10-2)17-11-3)24(30)27(36)33(25)22(19-34)20(5)6/h10,12,20-25,34H,2,4,9,11,13-19H2,1,3,5-8H3/t21?,22-,23-,24-,25?,29+,30?/m0/s1. The third kappa shape index (κ3) is 4.96. The molecule has 3 aliphatic rings. The monoisotopic (exact) mass is 547 g/mol. The zero-order chi connectivity index (χ0) is 28.4. The van der Waals surface area contributed by atoms with E-state index in [2.05, 4.69) is 33.9 Å². The van der Waals surface area contributed by atoms with Crippen molar-refractivity contribution >= 4 is 29.5 Å². The lowest BCUT2D eigenvalue weighted by Gasteiger charge is -2.42. The van der Waals surface area contributed by atoms with E-state index in [1.54, 1.807) is 28.8 Å². The Morgan fingerprint density at radius 2 is 1.79 bits per heavy atom. The van der Waals surface area contributed by atoms with Crippen LogP contribution < -0.4 is 0 Å². The summed E-state index contributed by atoms with van der Waals surface area (Å²) < 4.78 is -1.11. The molecule has 3 saturated heterocycles. The molecule has 0 radical (unpaired) electrons. The van der Waals surface area contributed by atoms with Gasteiger partial charge in [-0.05, 0) is 45.4 Å². The summed E-state index contributed by atoms with van der Waals surface area (Å²) >= 11 is 1.70. The maximum Gasteiger partial charge on any atom is 0.247 e. The molecule has 7 nitrogen and oxygen atoms in total. The van der Waals surface area contributed by atoms with Gasteiger partial charge in [-0.25, -0.2) is 0 Å². The van der Waals surface area contributed by atoms with Gasteiger partial charge in [-0.3, -0.25) is 14.4 Å². The molecular weight excluding hydrogens is 498 g/mol. The van der Waals surface area contributed by atoms with Gasteiger partial charge in [0.2, 0.25) is 17.7 Å². The molecule has 8 heteroatoms. The molecule has 3 amide bonds. The van der Waals surface area contributed by atoms with Gasteiger partial charge in [-0.2, -0.15) is 0 Å². The average molecular weight is 548 g/mol. The van der Waals surface area contributed by atoms with Crippen molar-refractivity contribution in [1.82, 2.24) is 14.7 Å². The van der Waals surface area contributed by atoms with Crippen molar-refractivity contribution in [1.29, 1.82) is 0 Å². The molecule has 1 N–H and O–H groups in total. The van der Waals surface area contributed by atoms with Crippen LogP contribution in [0.3, 0.4) is 0 Å². The van der Waals surface area contributed by atoms with Gasteiger partial charge >= 0.3 is 0 Å². The number of fused-ring (bicyclic) bond motifs is 1. The summed E-state index contributed by atoms with van der Waals surface area (Å²) in [6.45, 7) is 21.2. The van der Waals surface area contributed by atoms with Crippen LogP contribution in [0.15, 0.2) is 25.3 Å². The third-order valence-corrected chi connectivity index (χ3v) is 11.0. The van der Waals surface area contributed by atoms with E-state index in [9.17, 15) is 19.5 Å². The Morgan fingerprint density at radius 3 is 2.32 bits per heavy atom. The number of rotatable bonds is 14. The van der Waals surface area contributed by atoms with Crippen LogP contribution in [-0.2, 0) is 14.4 Å². The highest BCUT2D eigenvalue weighted by Crippen LogP contribution is 2.72. The highest BCUT2D eigenvalue weighted by molar-refractivity contribution is 8.02. The van der Waals surface area contributed by atoms with E-state index >= 15 is 0 Å². The quantitative estimate of drug-likeness (QED) is 0.331. The van der Waals surface area contributed by atoms with Crippen molar-refractivity contribution in [2.75, 3.05) is 26.2 Å². The number of aliphatic hydroxyl groups is 1. The number of hydrogen-bond donors (Lipinski definition) is 1. The Labute approximate surface area is 234 Å². The number of thioether (sulfide) groups is 1. The Kier molecular flexibility index (Phi) is 9.83. The van der Waals surface area contributed by atoms with E-state index in [-0.39, 0.29) is 36.3 Å². The van der Waals surface area contributed by atoms with Crippen molar-refractivity contribution in [2.45, 2.75) is 101 Å². The van der Waals surface area contributed by atoms with Crippen molar-refractivity contribution in [3.05, 3.63) is 25.3 Å². The van der Waals surface area contributed by atoms with Gasteiger partial charge in [-0.1, -0.05) is 46.3 Å². The van der Waals surface area contributed by atoms with Crippen LogP contribution in [0.4, 0.5) is 0 Å². The summed E-state index contributed by atoms with van der Waals surface area (Å²) in [6.07, 6.45) is 7.58. The first-order valence-corrected chi connectivity index (χ1v) is 15.2. The molecule has 38 heavy (non-hydrogen) atoms. The Hall–Kier alpha value is -1.80. The highest BCUT2D eigenvalue weighted by atomic mass is 32.2. The first kappa shape index (κ1) is 30.7. The number of amides is 3. The zero-order valence-corrected chi connectivity index (χ0v) is 25.1. The van der Waals surface area contributed by atoms with E-state index in [0.717, 1.165) is 25.7 Å². The largest absolute Gasteiger partial charge is 0.394 e. The molecule has 1 spiro atoms. The van der Waals surface area contributed by atoms with Gasteiger partial charge < -0.3 is 19.8 Å². The van der Waals surface area contributed by atoms with Crippen LogP contribution in [0.5, 0.6) is 0 Å². The second kappa shape index (κ2) is 12.2. The second-order valence-electron chi connectivity index (χ2n) is 12.0. The fraction of sp³-hybridized carbons (Fsp3) is 0.767. The fourth-order valence-corrected chi connectivity index (χ4v) is 9.60. The smallest absolute Gasteiger partial charge is 0.247 e. The number of aliphatic hydroxyl groups excluding tert-OH is 1. The Morgan fingerprint density at radius 1 is 1.13 bits per heavy atom. The molecule has 3 heterocycles. The molecule has 3 aliphatic heterocycles. The molecule has 7 atom stereocenters. The van der Waals surface area contributed by atoms with Crippen molar-refractivity contribution in [2.24, 2.45) is 17.8 Å². The van der Waals surface area contributed by atoms with Crippen LogP contribution in [0.1, 0.15) is 73.6 Å². The summed E-state index contributed by atoms with van der Waals surface area (Å²) in [5.41, 5.74) is 0. The zero-order valence-electron chi connectivity index (χ0n) is 24.3. The number of likely N-dealkylation sites (tertiary alicyclic amines) is 1. The van der Waals surface area contributed by atoms with Crippen molar-refractivity contribution in [3.8, 4) is 0 Å². The molecular formula is C30H49N3O4S. The Balaban J connectivity index is 2.16. The summed E-state index contributed by atoms with van der Waals surface area (Å²) in [6, 6.07) is -1.22. The minimum Gasteiger partial charge on any atom is -0.394 e. The lowest BCUT2D eigenvalue weighted by atomic mass is 9.66. The van der Waals surface area contributed by atoms with Gasteiger partial charge in [0.1, 0.15) is 6.04 Å². The van der Waals surface area contributed by atoms with E-state index in [1.807, 2.05) is 30.6 Å². The summed E-state index contributed by atoms with van der Waals surface area (Å²) in [5, 5.41) is 10.5. The topological polar surface area (TPSA) is 81.2 Å². The van der Waals surface area contributed by atoms with Crippen LogP contribution in [-0.4, -0.2) is 91.4 Å². The molecule has 0 aromatic heterocycles. The van der Waals surface area contributed by atoms with E-state index in [0.29, 0.717) is 26.1 Å². The molecule has 0 aromatic carbocycles. The predicted octanol–water partition coefficient (Wildman–Crippen LogP) is 4.11. The molecule has 2 bridgehead atoms. The molecule has 3 unspecified atom stereocenters. The second-order valence-corrected chi connectivity index (χ2v) is 13.9. The maximum absolute atomic E-state index is 14.6. The first-order chi connectivity index (χ1) is 18.0. The normalized spacial score (nSPS) is 31.3. The van der Waals surface area contributed by atoms with Gasteiger partial charge in [0.15, 0.2) is 0 Å². The fourth-order valence-electron chi connectivity index (χ4n) is 7.27. The average Bonchev–Trinajstić information content (AvgIpc) is 3.43. The minimum atomic E-state index is -0.720. The van der Waals surface area contributed by atoms with Gasteiger partial charge in [0, 0.05) is 30.4 Å². The van der Waals surface area contributed by atoms with Crippen molar-refractivity contribution in [3.63, 3.8) is 0 Å². The van der Waals surface area contributed by atoms with Gasteiger partial charge in [0.25, 0.3) is 0 Å². The Bertz CT molecular complexity index is 925.